The molecule has 1 heterocycles. The minimum absolute atomic E-state index is 1.18. The minimum Gasteiger partial charge on any atom is -0.143 e. The number of aryl methyl sites for hydroxylation is 1. The fraction of sp³-hybridized carbons (Fsp3) is 0.545. The van der Waals surface area contributed by atoms with Crippen molar-refractivity contribution < 1.29 is 0 Å². The molecule has 2 heteroatoms. The maximum atomic E-state index is 3.53. The van der Waals surface area contributed by atoms with Crippen LogP contribution in [0.1, 0.15) is 76.7 Å². The summed E-state index contributed by atoms with van der Waals surface area (Å²) in [7, 11) is 0. The first-order valence-corrected chi connectivity index (χ1v) is 11.3. The van der Waals surface area contributed by atoms with Crippen LogP contribution in [0.3, 0.4) is 0 Å². The van der Waals surface area contributed by atoms with Crippen LogP contribution in [0.2, 0.25) is 0 Å². The lowest BCUT2D eigenvalue weighted by Gasteiger charge is -2.04. The van der Waals surface area contributed by atoms with E-state index in [-0.39, 0.29) is 0 Å². The molecule has 1 aromatic carbocycles. The molecule has 0 saturated heterocycles. The summed E-state index contributed by atoms with van der Waals surface area (Å²) < 4.78 is 1.18. The first-order valence-electron chi connectivity index (χ1n) is 9.63. The van der Waals surface area contributed by atoms with Gasteiger partial charge in [0.2, 0.25) is 0 Å². The Kier molecular flexibility index (Phi) is 9.75. The van der Waals surface area contributed by atoms with Crippen molar-refractivity contribution in [2.75, 3.05) is 0 Å². The normalized spacial score (nSPS) is 11.1. The molecule has 0 aliphatic heterocycles. The molecule has 0 bridgehead atoms. The van der Waals surface area contributed by atoms with E-state index in [0.717, 1.165) is 0 Å². The Bertz CT molecular complexity index is 556. The van der Waals surface area contributed by atoms with Crippen molar-refractivity contribution in [2.24, 2.45) is 0 Å². The molecule has 0 spiro atoms. The fourth-order valence-corrected chi connectivity index (χ4v) is 4.55. The van der Waals surface area contributed by atoms with Gasteiger partial charge in [-0.25, -0.2) is 0 Å². The summed E-state index contributed by atoms with van der Waals surface area (Å²) in [4.78, 5) is 1.34. The van der Waals surface area contributed by atoms with Crippen molar-refractivity contribution in [3.05, 3.63) is 45.7 Å². The monoisotopic (exact) mass is 406 g/mol. The topological polar surface area (TPSA) is 0 Å². The van der Waals surface area contributed by atoms with Gasteiger partial charge in [-0.05, 0) is 46.0 Å². The number of benzene rings is 1. The van der Waals surface area contributed by atoms with Crippen molar-refractivity contribution in [1.29, 1.82) is 0 Å². The smallest absolute Gasteiger partial charge is 0.0354 e. The van der Waals surface area contributed by atoms with Crippen LogP contribution in [0.4, 0.5) is 0 Å². The Morgan fingerprint density at radius 1 is 0.792 bits per heavy atom. The second-order valence-electron chi connectivity index (χ2n) is 6.76. The van der Waals surface area contributed by atoms with Gasteiger partial charge in [0.05, 0.1) is 0 Å². The second-order valence-corrected chi connectivity index (χ2v) is 8.58. The highest BCUT2D eigenvalue weighted by Gasteiger charge is 2.01. The van der Waals surface area contributed by atoms with Crippen LogP contribution in [-0.4, -0.2) is 0 Å². The Balaban J connectivity index is 1.55. The molecular formula is C22H31BrS. The predicted octanol–water partition coefficient (Wildman–Crippen LogP) is 8.64. The molecule has 0 saturated carbocycles. The van der Waals surface area contributed by atoms with Gasteiger partial charge in [0.15, 0.2) is 0 Å². The quantitative estimate of drug-likeness (QED) is 0.309. The Morgan fingerprint density at radius 3 is 1.92 bits per heavy atom. The van der Waals surface area contributed by atoms with Gasteiger partial charge >= 0.3 is 0 Å². The standard InChI is InChI=1S/C22H31BrS/c1-2-3-4-5-6-7-8-9-10-11-12-19-13-15-20(16-14-19)22-17-21(23)18-24-22/h13-18H,2-12H2,1H3. The summed E-state index contributed by atoms with van der Waals surface area (Å²) in [6.45, 7) is 2.29. The molecule has 0 unspecified atom stereocenters. The minimum atomic E-state index is 1.18. The van der Waals surface area contributed by atoms with Gasteiger partial charge < -0.3 is 0 Å². The molecule has 0 fully saturated rings. The Labute approximate surface area is 160 Å². The molecule has 0 aliphatic rings. The lowest BCUT2D eigenvalue weighted by molar-refractivity contribution is 0.556. The average molecular weight is 407 g/mol. The predicted molar refractivity (Wildman–Crippen MR) is 113 cm³/mol. The van der Waals surface area contributed by atoms with E-state index < -0.39 is 0 Å². The third-order valence-corrected chi connectivity index (χ3v) is 6.37. The molecule has 0 amide bonds. The first-order chi connectivity index (χ1) is 11.8. The number of halogens is 1. The van der Waals surface area contributed by atoms with Gasteiger partial charge in [-0.1, -0.05) is 89.0 Å². The Hall–Kier alpha value is -0.600. The molecule has 24 heavy (non-hydrogen) atoms. The molecule has 0 radical (unpaired) electrons. The first kappa shape index (κ1) is 19.7. The maximum absolute atomic E-state index is 3.53. The third kappa shape index (κ3) is 7.53. The van der Waals surface area contributed by atoms with E-state index in [1.807, 2.05) is 0 Å². The molecule has 0 nitrogen and oxygen atoms in total. The number of hydrogen-bond acceptors (Lipinski definition) is 1. The third-order valence-electron chi connectivity index (χ3n) is 4.62. The number of unbranched alkanes of at least 4 members (excludes halogenated alkanes) is 9. The highest BCUT2D eigenvalue weighted by atomic mass is 79.9. The number of hydrogen-bond donors (Lipinski definition) is 0. The van der Waals surface area contributed by atoms with E-state index in [2.05, 4.69) is 58.6 Å². The van der Waals surface area contributed by atoms with Crippen molar-refractivity contribution in [1.82, 2.24) is 0 Å². The van der Waals surface area contributed by atoms with Gasteiger partial charge in [0.1, 0.15) is 0 Å². The molecule has 0 N–H and O–H groups in total. The van der Waals surface area contributed by atoms with Crippen molar-refractivity contribution >= 4 is 27.3 Å². The number of thiophene rings is 1. The van der Waals surface area contributed by atoms with Crippen molar-refractivity contribution in [2.45, 2.75) is 77.6 Å². The van der Waals surface area contributed by atoms with E-state index >= 15 is 0 Å². The van der Waals surface area contributed by atoms with E-state index in [1.165, 1.54) is 91.1 Å². The molecular weight excluding hydrogens is 376 g/mol. The summed E-state index contributed by atoms with van der Waals surface area (Å²) in [6, 6.07) is 11.3. The lowest BCUT2D eigenvalue weighted by atomic mass is 10.0. The van der Waals surface area contributed by atoms with Gasteiger partial charge in [0, 0.05) is 14.7 Å². The van der Waals surface area contributed by atoms with Crippen LogP contribution < -0.4 is 0 Å². The maximum Gasteiger partial charge on any atom is 0.0354 e. The molecule has 2 rings (SSSR count). The van der Waals surface area contributed by atoms with Crippen LogP contribution >= 0.6 is 27.3 Å². The van der Waals surface area contributed by atoms with Crippen LogP contribution in [0, 0.1) is 0 Å². The zero-order valence-corrected chi connectivity index (χ0v) is 17.4. The van der Waals surface area contributed by atoms with Crippen LogP contribution in [-0.2, 0) is 6.42 Å². The van der Waals surface area contributed by atoms with Crippen LogP contribution in [0.5, 0.6) is 0 Å². The number of rotatable bonds is 12. The lowest BCUT2D eigenvalue weighted by Crippen LogP contribution is -1.87. The largest absolute Gasteiger partial charge is 0.143 e. The van der Waals surface area contributed by atoms with Gasteiger partial charge in [-0.15, -0.1) is 11.3 Å². The summed E-state index contributed by atoms with van der Waals surface area (Å²) in [5.74, 6) is 0. The van der Waals surface area contributed by atoms with E-state index in [0.29, 0.717) is 0 Å². The summed E-state index contributed by atoms with van der Waals surface area (Å²) in [5.41, 5.74) is 2.81. The summed E-state index contributed by atoms with van der Waals surface area (Å²) in [5, 5.41) is 2.15. The fourth-order valence-electron chi connectivity index (χ4n) is 3.12. The molecule has 0 atom stereocenters. The SMILES string of the molecule is CCCCCCCCCCCCc1ccc(-c2cc(Br)cs2)cc1. The van der Waals surface area contributed by atoms with E-state index in [1.54, 1.807) is 11.3 Å². The van der Waals surface area contributed by atoms with Crippen molar-refractivity contribution in [3.8, 4) is 10.4 Å². The summed E-state index contributed by atoms with van der Waals surface area (Å²) >= 11 is 5.33. The van der Waals surface area contributed by atoms with E-state index in [4.69, 9.17) is 0 Å². The average Bonchev–Trinajstić information content (AvgIpc) is 3.03. The zero-order valence-electron chi connectivity index (χ0n) is 15.0. The van der Waals surface area contributed by atoms with Gasteiger partial charge in [-0.2, -0.15) is 0 Å². The van der Waals surface area contributed by atoms with Crippen molar-refractivity contribution in [3.63, 3.8) is 0 Å². The molecule has 132 valence electrons. The zero-order chi connectivity index (χ0) is 17.0. The highest BCUT2D eigenvalue weighted by Crippen LogP contribution is 2.30. The van der Waals surface area contributed by atoms with Crippen LogP contribution in [0.25, 0.3) is 10.4 Å². The Morgan fingerprint density at radius 2 is 1.38 bits per heavy atom. The molecule has 2 aromatic rings. The van der Waals surface area contributed by atoms with Crippen LogP contribution in [0.15, 0.2) is 40.2 Å². The highest BCUT2D eigenvalue weighted by molar-refractivity contribution is 9.10. The van der Waals surface area contributed by atoms with E-state index in [9.17, 15) is 0 Å². The second kappa shape index (κ2) is 11.9. The molecule has 0 aliphatic carbocycles. The van der Waals surface area contributed by atoms with Gasteiger partial charge in [-0.3, -0.25) is 0 Å². The summed E-state index contributed by atoms with van der Waals surface area (Å²) in [6.07, 6.45) is 15.3. The molecule has 1 aromatic heterocycles. The van der Waals surface area contributed by atoms with Gasteiger partial charge in [0.25, 0.3) is 0 Å².